The van der Waals surface area contributed by atoms with E-state index < -0.39 is 16.2 Å². The molecule has 2 aromatic heterocycles. The van der Waals surface area contributed by atoms with Crippen molar-refractivity contribution in [2.75, 3.05) is 26.0 Å². The number of piperidine rings is 1. The smallest absolute Gasteiger partial charge is 0.306 e. The van der Waals surface area contributed by atoms with Gasteiger partial charge in [0.2, 0.25) is 0 Å². The predicted octanol–water partition coefficient (Wildman–Crippen LogP) is 4.23. The normalized spacial score (nSPS) is 18.0. The molecule has 0 bridgehead atoms. The Morgan fingerprint density at radius 3 is 2.72 bits per heavy atom. The number of benzene rings is 1. The molecular weight excluding hydrogens is 589 g/mol. The number of aromatic nitrogens is 3. The molecule has 1 unspecified atom stereocenters. The highest BCUT2D eigenvalue weighted by Crippen LogP contribution is 2.40. The van der Waals surface area contributed by atoms with Gasteiger partial charge in [0, 0.05) is 43.2 Å². The van der Waals surface area contributed by atoms with Crippen LogP contribution in [0.25, 0.3) is 0 Å². The van der Waals surface area contributed by atoms with Gasteiger partial charge in [0.05, 0.1) is 27.5 Å². The number of halogens is 2. The summed E-state index contributed by atoms with van der Waals surface area (Å²) in [5.41, 5.74) is 1.75. The molecule has 39 heavy (non-hydrogen) atoms. The molecule has 2 aliphatic heterocycles. The van der Waals surface area contributed by atoms with Gasteiger partial charge >= 0.3 is 10.1 Å². The van der Waals surface area contributed by atoms with Crippen LogP contribution >= 0.6 is 34.5 Å². The average Bonchev–Trinajstić information content (AvgIpc) is 3.58. The summed E-state index contributed by atoms with van der Waals surface area (Å²) in [6.45, 7) is 1.00. The van der Waals surface area contributed by atoms with E-state index in [-0.39, 0.29) is 35.2 Å². The highest BCUT2D eigenvalue weighted by molar-refractivity contribution is 7.86. The summed E-state index contributed by atoms with van der Waals surface area (Å²) in [5, 5.41) is 7.52. The van der Waals surface area contributed by atoms with Gasteiger partial charge in [-0.05, 0) is 25.0 Å². The van der Waals surface area contributed by atoms with Crippen molar-refractivity contribution in [3.05, 3.63) is 62.4 Å². The topological polar surface area (TPSA) is 133 Å². The van der Waals surface area contributed by atoms with E-state index in [4.69, 9.17) is 41.9 Å². The van der Waals surface area contributed by atoms with Crippen LogP contribution in [-0.2, 0) is 19.8 Å². The molecule has 0 saturated carbocycles. The number of carbonyl (C=O) groups excluding carboxylic acids is 1. The third kappa shape index (κ3) is 6.60. The van der Waals surface area contributed by atoms with Crippen LogP contribution in [0.3, 0.4) is 0 Å². The van der Waals surface area contributed by atoms with Crippen LogP contribution in [0.15, 0.2) is 41.1 Å². The molecule has 0 N–H and O–H groups in total. The Kier molecular flexibility index (Phi) is 8.21. The van der Waals surface area contributed by atoms with Crippen LogP contribution in [-0.4, -0.2) is 65.8 Å². The van der Waals surface area contributed by atoms with E-state index >= 15 is 0 Å². The minimum atomic E-state index is -3.75. The summed E-state index contributed by atoms with van der Waals surface area (Å²) in [4.78, 5) is 32.6. The van der Waals surface area contributed by atoms with E-state index in [9.17, 15) is 13.2 Å². The number of hydrogen-bond donors (Lipinski definition) is 0. The maximum Gasteiger partial charge on any atom is 0.306 e. The number of rotatable bonds is 8. The molecule has 0 radical (unpaired) electrons. The van der Waals surface area contributed by atoms with Crippen LogP contribution in [0.1, 0.15) is 47.5 Å². The van der Waals surface area contributed by atoms with Crippen LogP contribution in [0.2, 0.25) is 10.2 Å². The molecule has 206 valence electrons. The number of likely N-dealkylation sites (tertiary alicyclic amines) is 1. The first-order valence-electron chi connectivity index (χ1n) is 11.9. The van der Waals surface area contributed by atoms with Gasteiger partial charge in [-0.25, -0.2) is 15.0 Å². The second-order valence-electron chi connectivity index (χ2n) is 8.94. The van der Waals surface area contributed by atoms with Crippen LogP contribution < -0.4 is 8.92 Å². The minimum Gasteiger partial charge on any atom is -0.465 e. The lowest BCUT2D eigenvalue weighted by Gasteiger charge is -2.31. The lowest BCUT2D eigenvalue weighted by Crippen LogP contribution is -2.40. The van der Waals surface area contributed by atoms with Gasteiger partial charge in [-0.15, -0.1) is 11.3 Å². The van der Waals surface area contributed by atoms with Crippen molar-refractivity contribution in [2.24, 2.45) is 5.16 Å². The van der Waals surface area contributed by atoms with Gasteiger partial charge in [-0.2, -0.15) is 8.42 Å². The molecule has 1 aromatic carbocycles. The number of thiazole rings is 1. The maximum absolute atomic E-state index is 12.6. The highest BCUT2D eigenvalue weighted by Gasteiger charge is 2.32. The molecule has 15 heteroatoms. The number of oxime groups is 1. The molecule has 1 fully saturated rings. The van der Waals surface area contributed by atoms with Gasteiger partial charge in [-0.1, -0.05) is 34.4 Å². The average molecular weight is 613 g/mol. The van der Waals surface area contributed by atoms with Crippen molar-refractivity contribution < 1.29 is 27.0 Å². The largest absolute Gasteiger partial charge is 0.465 e. The van der Waals surface area contributed by atoms with Crippen molar-refractivity contribution in [1.29, 1.82) is 0 Å². The molecule has 1 atom stereocenters. The Hall–Kier alpha value is -3.00. The van der Waals surface area contributed by atoms with E-state index in [1.165, 1.54) is 29.8 Å². The number of ether oxygens (including phenoxy) is 1. The number of carbonyl (C=O) groups is 1. The van der Waals surface area contributed by atoms with Gasteiger partial charge in [0.25, 0.3) is 11.8 Å². The molecule has 3 aromatic rings. The maximum atomic E-state index is 12.6. The third-order valence-electron chi connectivity index (χ3n) is 6.21. The standard InChI is InChI=1S/C24H23Cl2N5O6S2/c1-39(33,34)37-18-4-2-3-15(25)21(18)19-11-16(30-36-19)17-13-38-24(29-17)14-5-9-31(10-6-14)20(32)12-35-23-22(26)27-7-8-28-23/h2-4,7-8,13-14,19H,5-6,9-12H2,1H3. The fraction of sp³-hybridized carbons (Fsp3) is 0.375. The molecule has 11 nitrogen and oxygen atoms in total. The Morgan fingerprint density at radius 1 is 1.21 bits per heavy atom. The summed E-state index contributed by atoms with van der Waals surface area (Å²) in [5.74, 6) is 0.307. The summed E-state index contributed by atoms with van der Waals surface area (Å²) in [6, 6.07) is 4.77. The summed E-state index contributed by atoms with van der Waals surface area (Å²) in [7, 11) is -3.75. The minimum absolute atomic E-state index is 0.108. The Labute approximate surface area is 238 Å². The predicted molar refractivity (Wildman–Crippen MR) is 145 cm³/mol. The number of nitrogens with zero attached hydrogens (tertiary/aromatic N) is 5. The zero-order valence-electron chi connectivity index (χ0n) is 20.6. The molecule has 0 spiro atoms. The molecule has 2 aliphatic rings. The van der Waals surface area contributed by atoms with Gasteiger partial charge < -0.3 is 18.7 Å². The van der Waals surface area contributed by atoms with Crippen LogP contribution in [0, 0.1) is 0 Å². The van der Waals surface area contributed by atoms with Gasteiger partial charge in [0.15, 0.2) is 23.6 Å². The molecule has 0 aliphatic carbocycles. The fourth-order valence-corrected chi connectivity index (χ4v) is 6.28. The quantitative estimate of drug-likeness (QED) is 0.343. The monoisotopic (exact) mass is 611 g/mol. The SMILES string of the molecule is CS(=O)(=O)Oc1cccc(Cl)c1C1CC(c2csc(C3CCN(C(=O)COc4nccnc4Cl)CC3)n2)=NO1. The summed E-state index contributed by atoms with van der Waals surface area (Å²) in [6.07, 6.45) is 5.14. The number of amides is 1. The zero-order chi connectivity index (χ0) is 27.6. The van der Waals surface area contributed by atoms with Gasteiger partial charge in [-0.3, -0.25) is 4.79 Å². The van der Waals surface area contributed by atoms with E-state index in [1.54, 1.807) is 17.0 Å². The Morgan fingerprint density at radius 2 is 1.97 bits per heavy atom. The lowest BCUT2D eigenvalue weighted by molar-refractivity contribution is -0.134. The third-order valence-corrected chi connectivity index (χ3v) is 8.29. The second kappa shape index (κ2) is 11.6. The number of hydrogen-bond acceptors (Lipinski definition) is 11. The Bertz CT molecular complexity index is 1510. The first kappa shape index (κ1) is 27.6. The highest BCUT2D eigenvalue weighted by atomic mass is 35.5. The first-order valence-corrected chi connectivity index (χ1v) is 15.4. The molecular formula is C24H23Cl2N5O6S2. The first-order chi connectivity index (χ1) is 18.7. The fourth-order valence-electron chi connectivity index (χ4n) is 4.36. The Balaban J connectivity index is 1.17. The van der Waals surface area contributed by atoms with Crippen molar-refractivity contribution in [1.82, 2.24) is 19.9 Å². The lowest BCUT2D eigenvalue weighted by atomic mass is 9.97. The summed E-state index contributed by atoms with van der Waals surface area (Å²) >= 11 is 13.8. The van der Waals surface area contributed by atoms with Gasteiger partial charge in [0.1, 0.15) is 5.71 Å². The zero-order valence-corrected chi connectivity index (χ0v) is 23.8. The van der Waals surface area contributed by atoms with E-state index in [2.05, 4.69) is 15.1 Å². The molecule has 4 heterocycles. The van der Waals surface area contributed by atoms with Crippen LogP contribution in [0.5, 0.6) is 11.6 Å². The second-order valence-corrected chi connectivity index (χ2v) is 12.2. The van der Waals surface area contributed by atoms with E-state index in [1.807, 2.05) is 5.38 Å². The van der Waals surface area contributed by atoms with E-state index in [0.29, 0.717) is 41.5 Å². The molecule has 1 saturated heterocycles. The van der Waals surface area contributed by atoms with E-state index in [0.717, 1.165) is 24.1 Å². The van der Waals surface area contributed by atoms with Crippen molar-refractivity contribution in [3.8, 4) is 11.6 Å². The molecule has 5 rings (SSSR count). The summed E-state index contributed by atoms with van der Waals surface area (Å²) < 4.78 is 33.9. The van der Waals surface area contributed by atoms with Crippen molar-refractivity contribution >= 4 is 56.3 Å². The van der Waals surface area contributed by atoms with Crippen molar-refractivity contribution in [2.45, 2.75) is 31.3 Å². The van der Waals surface area contributed by atoms with Crippen LogP contribution in [0.4, 0.5) is 0 Å². The van der Waals surface area contributed by atoms with Crippen molar-refractivity contribution in [3.63, 3.8) is 0 Å². The molecule has 1 amide bonds.